The average Bonchev–Trinajstić information content (AvgIpc) is 2.42. The first-order valence-corrected chi connectivity index (χ1v) is 6.59. The van der Waals surface area contributed by atoms with Crippen molar-refractivity contribution in [3.05, 3.63) is 58.9 Å². The number of carboxylic acids is 1. The molecule has 0 fully saturated rings. The molecule has 0 saturated carbocycles. The van der Waals surface area contributed by atoms with Gasteiger partial charge >= 0.3 is 5.97 Å². The summed E-state index contributed by atoms with van der Waals surface area (Å²) in [5, 5.41) is 11.8. The van der Waals surface area contributed by atoms with Crippen LogP contribution in [-0.4, -0.2) is 17.6 Å². The van der Waals surface area contributed by atoms with Gasteiger partial charge in [-0.15, -0.1) is 0 Å². The molecular formula is C16H17FN2O2. The molecule has 0 unspecified atom stereocenters. The third kappa shape index (κ3) is 3.72. The van der Waals surface area contributed by atoms with Crippen molar-refractivity contribution in [1.82, 2.24) is 0 Å². The van der Waals surface area contributed by atoms with Gasteiger partial charge in [0, 0.05) is 6.54 Å². The van der Waals surface area contributed by atoms with Crippen LogP contribution < -0.4 is 11.1 Å². The Morgan fingerprint density at radius 1 is 1.33 bits per heavy atom. The van der Waals surface area contributed by atoms with Gasteiger partial charge in [0.05, 0.1) is 16.9 Å². The Hall–Kier alpha value is -2.56. The topological polar surface area (TPSA) is 75.3 Å². The lowest BCUT2D eigenvalue weighted by atomic mass is 10.1. The molecule has 0 bridgehead atoms. The fourth-order valence-electron chi connectivity index (χ4n) is 2.12. The van der Waals surface area contributed by atoms with E-state index in [4.69, 9.17) is 10.8 Å². The predicted molar refractivity (Wildman–Crippen MR) is 81.1 cm³/mol. The summed E-state index contributed by atoms with van der Waals surface area (Å²) in [5.41, 5.74) is 8.30. The largest absolute Gasteiger partial charge is 0.478 e. The number of nitrogen functional groups attached to an aromatic ring is 1. The quantitative estimate of drug-likeness (QED) is 0.739. The fraction of sp³-hybridized carbons (Fsp3) is 0.188. The molecule has 21 heavy (non-hydrogen) atoms. The lowest BCUT2D eigenvalue weighted by Gasteiger charge is -2.11. The van der Waals surface area contributed by atoms with Gasteiger partial charge in [0.1, 0.15) is 5.82 Å². The summed E-state index contributed by atoms with van der Waals surface area (Å²) in [6.07, 6.45) is 0.767. The van der Waals surface area contributed by atoms with Crippen molar-refractivity contribution in [3.63, 3.8) is 0 Å². The first-order valence-electron chi connectivity index (χ1n) is 6.59. The van der Waals surface area contributed by atoms with Crippen LogP contribution in [0.3, 0.4) is 0 Å². The molecular weight excluding hydrogens is 271 g/mol. The Labute approximate surface area is 122 Å². The Kier molecular flexibility index (Phi) is 4.42. The minimum atomic E-state index is -1.33. The molecule has 0 amide bonds. The van der Waals surface area contributed by atoms with Gasteiger partial charge in [0.15, 0.2) is 0 Å². The van der Waals surface area contributed by atoms with Gasteiger partial charge in [-0.1, -0.05) is 29.8 Å². The fourth-order valence-corrected chi connectivity index (χ4v) is 2.12. The molecule has 0 aliphatic heterocycles. The first-order chi connectivity index (χ1) is 9.97. The molecule has 2 rings (SSSR count). The van der Waals surface area contributed by atoms with E-state index in [0.29, 0.717) is 12.2 Å². The van der Waals surface area contributed by atoms with Crippen molar-refractivity contribution in [2.45, 2.75) is 13.3 Å². The molecule has 0 radical (unpaired) electrons. The van der Waals surface area contributed by atoms with Crippen molar-refractivity contribution in [2.24, 2.45) is 0 Å². The van der Waals surface area contributed by atoms with E-state index in [2.05, 4.69) is 11.4 Å². The van der Waals surface area contributed by atoms with Crippen LogP contribution in [0.1, 0.15) is 21.5 Å². The maximum absolute atomic E-state index is 13.6. The minimum Gasteiger partial charge on any atom is -0.478 e. The Bertz CT molecular complexity index is 671. The van der Waals surface area contributed by atoms with Gasteiger partial charge in [-0.2, -0.15) is 0 Å². The number of aryl methyl sites for hydroxylation is 1. The number of halogens is 1. The number of carboxylic acid groups (broad SMARTS) is 1. The number of hydrogen-bond donors (Lipinski definition) is 3. The van der Waals surface area contributed by atoms with Crippen LogP contribution in [0.15, 0.2) is 36.4 Å². The van der Waals surface area contributed by atoms with Crippen LogP contribution in [0.5, 0.6) is 0 Å². The number of carbonyl (C=O) groups is 1. The molecule has 2 aromatic rings. The molecule has 5 heteroatoms. The summed E-state index contributed by atoms with van der Waals surface area (Å²) in [6.45, 7) is 2.61. The number of hydrogen-bond acceptors (Lipinski definition) is 3. The lowest BCUT2D eigenvalue weighted by Crippen LogP contribution is -2.09. The number of benzene rings is 2. The number of anilines is 2. The molecule has 0 saturated heterocycles. The van der Waals surface area contributed by atoms with Gasteiger partial charge < -0.3 is 16.2 Å². The van der Waals surface area contributed by atoms with Crippen molar-refractivity contribution in [3.8, 4) is 0 Å². The third-order valence-electron chi connectivity index (χ3n) is 3.18. The summed E-state index contributed by atoms with van der Waals surface area (Å²) in [6, 6.07) is 10.4. The standard InChI is InChI=1S/C16H17FN2O2/c1-10-3-2-4-11(7-10)5-6-19-15-9-13(17)12(16(20)21)8-14(15)18/h2-4,7-9,19H,5-6,18H2,1H3,(H,20,21). The van der Waals surface area contributed by atoms with E-state index in [1.165, 1.54) is 11.1 Å². The zero-order valence-electron chi connectivity index (χ0n) is 11.7. The van der Waals surface area contributed by atoms with Crippen LogP contribution >= 0.6 is 0 Å². The zero-order valence-corrected chi connectivity index (χ0v) is 11.7. The molecule has 2 aromatic carbocycles. The highest BCUT2D eigenvalue weighted by Crippen LogP contribution is 2.23. The summed E-state index contributed by atoms with van der Waals surface area (Å²) in [5.74, 6) is -2.12. The normalized spacial score (nSPS) is 10.4. The molecule has 0 heterocycles. The summed E-state index contributed by atoms with van der Waals surface area (Å²) in [7, 11) is 0. The molecule has 4 N–H and O–H groups in total. The Morgan fingerprint density at radius 3 is 2.76 bits per heavy atom. The smallest absolute Gasteiger partial charge is 0.338 e. The predicted octanol–water partition coefficient (Wildman–Crippen LogP) is 3.07. The molecule has 110 valence electrons. The second-order valence-corrected chi connectivity index (χ2v) is 4.89. The monoisotopic (exact) mass is 288 g/mol. The van der Waals surface area contributed by atoms with E-state index in [-0.39, 0.29) is 5.69 Å². The molecule has 0 aliphatic rings. The van der Waals surface area contributed by atoms with E-state index in [1.807, 2.05) is 25.1 Å². The molecule has 0 aromatic heterocycles. The maximum atomic E-state index is 13.6. The third-order valence-corrected chi connectivity index (χ3v) is 3.18. The highest BCUT2D eigenvalue weighted by Gasteiger charge is 2.13. The van der Waals surface area contributed by atoms with Gasteiger partial charge in [-0.3, -0.25) is 0 Å². The molecule has 0 atom stereocenters. The number of aromatic carboxylic acids is 1. The van der Waals surface area contributed by atoms with Crippen LogP contribution in [0.25, 0.3) is 0 Å². The van der Waals surface area contributed by atoms with E-state index in [9.17, 15) is 9.18 Å². The average molecular weight is 288 g/mol. The zero-order chi connectivity index (χ0) is 15.4. The SMILES string of the molecule is Cc1cccc(CCNc2cc(F)c(C(=O)O)cc2N)c1. The van der Waals surface area contributed by atoms with Gasteiger partial charge in [0.25, 0.3) is 0 Å². The van der Waals surface area contributed by atoms with Crippen LogP contribution in [0.2, 0.25) is 0 Å². The van der Waals surface area contributed by atoms with Gasteiger partial charge in [0.2, 0.25) is 0 Å². The summed E-state index contributed by atoms with van der Waals surface area (Å²) < 4.78 is 13.6. The highest BCUT2D eigenvalue weighted by molar-refractivity contribution is 5.90. The van der Waals surface area contributed by atoms with Gasteiger partial charge in [-0.05, 0) is 31.0 Å². The van der Waals surface area contributed by atoms with Crippen LogP contribution in [0, 0.1) is 12.7 Å². The van der Waals surface area contributed by atoms with E-state index >= 15 is 0 Å². The van der Waals surface area contributed by atoms with Crippen LogP contribution in [-0.2, 0) is 6.42 Å². The van der Waals surface area contributed by atoms with E-state index < -0.39 is 17.3 Å². The van der Waals surface area contributed by atoms with E-state index in [0.717, 1.165) is 18.6 Å². The minimum absolute atomic E-state index is 0.220. The first kappa shape index (κ1) is 14.8. The van der Waals surface area contributed by atoms with Crippen LogP contribution in [0.4, 0.5) is 15.8 Å². The number of nitrogens with one attached hydrogen (secondary N) is 1. The van der Waals surface area contributed by atoms with Crippen molar-refractivity contribution < 1.29 is 14.3 Å². The lowest BCUT2D eigenvalue weighted by molar-refractivity contribution is 0.0692. The Morgan fingerprint density at radius 2 is 2.10 bits per heavy atom. The molecule has 0 aliphatic carbocycles. The van der Waals surface area contributed by atoms with E-state index in [1.54, 1.807) is 0 Å². The summed E-state index contributed by atoms with van der Waals surface area (Å²) >= 11 is 0. The molecule has 4 nitrogen and oxygen atoms in total. The van der Waals surface area contributed by atoms with Crippen molar-refractivity contribution >= 4 is 17.3 Å². The summed E-state index contributed by atoms with van der Waals surface area (Å²) in [4.78, 5) is 10.8. The second-order valence-electron chi connectivity index (χ2n) is 4.89. The number of nitrogens with two attached hydrogens (primary N) is 1. The van der Waals surface area contributed by atoms with Gasteiger partial charge in [-0.25, -0.2) is 9.18 Å². The van der Waals surface area contributed by atoms with Crippen molar-refractivity contribution in [2.75, 3.05) is 17.6 Å². The molecule has 0 spiro atoms. The maximum Gasteiger partial charge on any atom is 0.338 e. The second kappa shape index (κ2) is 6.26. The number of rotatable bonds is 5. The highest BCUT2D eigenvalue weighted by atomic mass is 19.1. The Balaban J connectivity index is 2.04. The van der Waals surface area contributed by atoms with Crippen molar-refractivity contribution in [1.29, 1.82) is 0 Å².